The van der Waals surface area contributed by atoms with Crippen LogP contribution in [0.2, 0.25) is 0 Å². The molecule has 0 spiro atoms. The number of anilines is 1. The maximum Gasteiger partial charge on any atom is 0.443 e. The van der Waals surface area contributed by atoms with Gasteiger partial charge in [-0.05, 0) is 100 Å². The normalized spacial score (nSPS) is 28.7. The number of nitro groups is 1. The number of carbonyl (C=O) groups is 4. The molecule has 5 rings (SSSR count). The lowest BCUT2D eigenvalue weighted by Crippen LogP contribution is -2.48. The predicted molar refractivity (Wildman–Crippen MR) is 297 cm³/mol. The van der Waals surface area contributed by atoms with Crippen LogP contribution < -0.4 is 11.1 Å². The average molecular weight is 1170 g/mol. The zero-order valence-electron chi connectivity index (χ0n) is 43.8. The summed E-state index contributed by atoms with van der Waals surface area (Å²) in [7, 11) is 6.28. The van der Waals surface area contributed by atoms with Gasteiger partial charge in [-0.15, -0.1) is 3.28 Å². The van der Waals surface area contributed by atoms with Crippen LogP contribution in [0.5, 0.6) is 0 Å². The minimum absolute atomic E-state index is 0.0728. The van der Waals surface area contributed by atoms with E-state index < -0.39 is 64.5 Å². The van der Waals surface area contributed by atoms with Gasteiger partial charge in [-0.2, -0.15) is 0 Å². The molecule has 4 heterocycles. The third-order valence-electron chi connectivity index (χ3n) is 13.2. The molecule has 2 fully saturated rings. The Bertz CT molecular complexity index is 2530. The Hall–Kier alpha value is -5.20. The second kappa shape index (κ2) is 26.5. The number of esters is 1. The number of fused-ring (bicyclic) bond motifs is 3. The first-order valence-corrected chi connectivity index (χ1v) is 27.6. The van der Waals surface area contributed by atoms with Gasteiger partial charge in [0.1, 0.15) is 40.8 Å². The lowest BCUT2D eigenvalue weighted by Gasteiger charge is -2.31. The molecule has 3 aliphatic rings. The first-order valence-electron chi connectivity index (χ1n) is 24.5. The Morgan fingerprint density at radius 2 is 1.88 bits per heavy atom. The number of pyridine rings is 1. The minimum Gasteiger partial charge on any atom is -0.493 e. The van der Waals surface area contributed by atoms with Crippen LogP contribution in [0.3, 0.4) is 0 Å². The number of hydrogen-bond acceptors (Lipinski definition) is 16. The van der Waals surface area contributed by atoms with Crippen LogP contribution in [0, 0.1) is 22.0 Å². The van der Waals surface area contributed by atoms with Crippen molar-refractivity contribution in [1.29, 1.82) is 0 Å². The van der Waals surface area contributed by atoms with Gasteiger partial charge >= 0.3 is 12.1 Å². The van der Waals surface area contributed by atoms with Gasteiger partial charge in [-0.1, -0.05) is 80.7 Å². The average Bonchev–Trinajstić information content (AvgIpc) is 4.07. The van der Waals surface area contributed by atoms with Crippen molar-refractivity contribution in [3.05, 3.63) is 125 Å². The van der Waals surface area contributed by atoms with Gasteiger partial charge in [0, 0.05) is 67.5 Å². The molecule has 18 nitrogen and oxygen atoms in total. The summed E-state index contributed by atoms with van der Waals surface area (Å²) in [5.74, 6) is -1.26. The molecule has 2 aromatic rings. The van der Waals surface area contributed by atoms with Crippen molar-refractivity contribution in [2.75, 3.05) is 26.0 Å². The highest BCUT2D eigenvalue weighted by Crippen LogP contribution is 2.49. The topological polar surface area (TPSA) is 222 Å². The molecule has 3 amide bonds. The number of epoxide rings is 1. The molecule has 3 aliphatic heterocycles. The molecular formula is C53H70IN7O11S2. The highest BCUT2D eigenvalue weighted by molar-refractivity contribution is 14.1. The molecule has 3 N–H and O–H groups in total. The third kappa shape index (κ3) is 15.9. The summed E-state index contributed by atoms with van der Waals surface area (Å²) in [4.78, 5) is 79.1. The molecule has 1 aromatic heterocycles. The van der Waals surface area contributed by atoms with Crippen molar-refractivity contribution in [3.63, 3.8) is 0 Å². The van der Waals surface area contributed by atoms with E-state index in [0.717, 1.165) is 8.85 Å². The summed E-state index contributed by atoms with van der Waals surface area (Å²) < 4.78 is 26.1. The number of aromatic nitrogens is 1. The number of ether oxygens (including phenoxy) is 4. The Morgan fingerprint density at radius 3 is 2.50 bits per heavy atom. The number of rotatable bonds is 16. The number of benzene rings is 1. The predicted octanol–water partition coefficient (Wildman–Crippen LogP) is 10.8. The Balaban J connectivity index is 1.50. The molecule has 2 bridgehead atoms. The number of hydrogen-bond donors (Lipinski definition) is 2. The van der Waals surface area contributed by atoms with Gasteiger partial charge < -0.3 is 39.8 Å². The number of likely N-dealkylation sites (N-methyl/N-ethyl adjacent to an activating group) is 2. The lowest BCUT2D eigenvalue weighted by molar-refractivity contribution is -0.385. The summed E-state index contributed by atoms with van der Waals surface area (Å²) in [5, 5.41) is 14.7. The standard InChI is InChI=1S/C53H70IN7O11S2/c1-13-41-48(38-19-21-39(22-20-38)57-45(62)24-18-35(7)73-74-46-25-23-40(31-56-46)61(66)67)42(68-14-2)28-34(6)27-33(5)17-15-16-26-53(55)30-43(69-51(65)60(54)72-53)36(8)49-52(10,71-49)44(29-47(63)59(41)12)70-50(64)37(9)58(11)32(3)4/h13,15-17,19-23,25,28,31,34-37,43-44,49H,1,3,14,18,24,26-27,29-30,55H2,2,4-12H3,(H,57,62)/b16-15-,33-17-,42-28+,48-41-/t34?,35?,36-,37?,43?,44+,49?,52?,53+/m0/s1. The summed E-state index contributed by atoms with van der Waals surface area (Å²) in [6, 6.07) is 9.52. The number of nitrogens with one attached hydrogen (secondary N) is 1. The van der Waals surface area contributed by atoms with Crippen LogP contribution in [0.1, 0.15) is 99.5 Å². The van der Waals surface area contributed by atoms with Gasteiger partial charge in [0.15, 0.2) is 5.72 Å². The first-order chi connectivity index (χ1) is 34.9. The Labute approximate surface area is 456 Å². The molecule has 74 heavy (non-hydrogen) atoms. The molecule has 0 saturated carbocycles. The van der Waals surface area contributed by atoms with E-state index in [1.165, 1.54) is 38.8 Å². The van der Waals surface area contributed by atoms with Gasteiger partial charge in [0.25, 0.3) is 5.69 Å². The summed E-state index contributed by atoms with van der Waals surface area (Å²) in [5.41, 5.74) is 8.17. The van der Waals surface area contributed by atoms with Crippen molar-refractivity contribution in [2.24, 2.45) is 17.6 Å². The fraction of sp³-hybridized carbons (Fsp3) is 0.491. The van der Waals surface area contributed by atoms with Crippen molar-refractivity contribution >= 4 is 85.3 Å². The molecule has 402 valence electrons. The Morgan fingerprint density at radius 1 is 1.18 bits per heavy atom. The van der Waals surface area contributed by atoms with Crippen LogP contribution in [0.25, 0.3) is 5.57 Å². The smallest absolute Gasteiger partial charge is 0.443 e. The number of nitrogens with zero attached hydrogens (tertiary/aromatic N) is 5. The summed E-state index contributed by atoms with van der Waals surface area (Å²) >= 11 is 1.72. The van der Waals surface area contributed by atoms with E-state index in [0.29, 0.717) is 58.5 Å². The van der Waals surface area contributed by atoms with Gasteiger partial charge in [0.05, 0.1) is 52.6 Å². The van der Waals surface area contributed by atoms with Gasteiger partial charge in [-0.3, -0.25) is 19.7 Å². The maximum atomic E-state index is 14.9. The van der Waals surface area contributed by atoms with Crippen molar-refractivity contribution < 1.29 is 47.9 Å². The number of carbonyl (C=O) groups excluding carboxylic acids is 4. The van der Waals surface area contributed by atoms with Crippen molar-refractivity contribution in [1.82, 2.24) is 18.1 Å². The number of halogens is 1. The highest BCUT2D eigenvalue weighted by Gasteiger charge is 2.64. The quantitative estimate of drug-likeness (QED) is 0.0303. The minimum atomic E-state index is -1.34. The maximum absolute atomic E-state index is 14.9. The van der Waals surface area contributed by atoms with Gasteiger partial charge in [-0.25, -0.2) is 19.4 Å². The summed E-state index contributed by atoms with van der Waals surface area (Å²) in [6.07, 6.45) is 8.88. The van der Waals surface area contributed by atoms with E-state index in [1.54, 1.807) is 86.9 Å². The molecular weight excluding hydrogens is 1100 g/mol. The molecule has 1 aromatic carbocycles. The summed E-state index contributed by atoms with van der Waals surface area (Å²) in [6.45, 7) is 23.6. The van der Waals surface area contributed by atoms with Crippen LogP contribution in [0.4, 0.5) is 16.2 Å². The zero-order valence-corrected chi connectivity index (χ0v) is 47.6. The van der Waals surface area contributed by atoms with Crippen LogP contribution in [0.15, 0.2) is 114 Å². The molecule has 0 aliphatic carbocycles. The fourth-order valence-corrected chi connectivity index (χ4v) is 11.2. The SMILES string of the molecule is C=C/C1=C(c2ccc(NC(=O)CCC(C)SSc3ccc([N+](=O)[O-])cn3)cc2)/C(OCC)=C\C(C)C/C(C)=C\C=C/C[C@]2(N)CC(OC(=O)N(I)O2)[C@H](C)C2OC2(C)[C@H](OC(=O)C(C)N(C)C(=C)C)CC(=O)N1C. The molecule has 9 atom stereocenters. The van der Waals surface area contributed by atoms with E-state index in [4.69, 9.17) is 29.5 Å². The molecule has 21 heteroatoms. The monoisotopic (exact) mass is 1170 g/mol. The van der Waals surface area contributed by atoms with Crippen molar-refractivity contribution in [3.8, 4) is 0 Å². The molecule has 2 saturated heterocycles. The highest BCUT2D eigenvalue weighted by atomic mass is 127. The largest absolute Gasteiger partial charge is 0.493 e. The number of nitrogens with two attached hydrogens (primary N) is 1. The van der Waals surface area contributed by atoms with E-state index >= 15 is 0 Å². The van der Waals surface area contributed by atoms with Crippen LogP contribution in [-0.2, 0) is 38.2 Å². The second-order valence-corrected chi connectivity index (χ2v) is 22.8. The van der Waals surface area contributed by atoms with Crippen LogP contribution in [-0.4, -0.2) is 108 Å². The second-order valence-electron chi connectivity index (χ2n) is 19.2. The zero-order chi connectivity index (χ0) is 54.7. The molecule has 6 unspecified atom stereocenters. The lowest BCUT2D eigenvalue weighted by atomic mass is 9.85. The Kier molecular flexibility index (Phi) is 21.4. The van der Waals surface area contributed by atoms with Crippen LogP contribution >= 0.6 is 44.5 Å². The van der Waals surface area contributed by atoms with E-state index in [2.05, 4.69) is 30.4 Å². The number of amides is 3. The van der Waals surface area contributed by atoms with E-state index in [9.17, 15) is 29.3 Å². The number of allylic oxidation sites excluding steroid dienone is 7. The number of hydroxylamine groups is 1. The van der Waals surface area contributed by atoms with E-state index in [1.807, 2.05) is 64.1 Å². The van der Waals surface area contributed by atoms with Gasteiger partial charge in [0.2, 0.25) is 11.8 Å². The fourth-order valence-electron chi connectivity index (χ4n) is 8.61. The third-order valence-corrected chi connectivity index (χ3v) is 16.6. The van der Waals surface area contributed by atoms with E-state index in [-0.39, 0.29) is 48.4 Å². The molecule has 0 radical (unpaired) electrons. The first kappa shape index (κ1) is 59.7. The van der Waals surface area contributed by atoms with Crippen molar-refractivity contribution in [2.45, 2.75) is 140 Å².